The van der Waals surface area contributed by atoms with Gasteiger partial charge in [0.2, 0.25) is 0 Å². The molecule has 0 amide bonds. The Morgan fingerprint density at radius 1 is 0.791 bits per heavy atom. The molecular weight excluding hydrogens is 540 g/mol. The minimum Gasteiger partial charge on any atom is -0.465 e. The van der Waals surface area contributed by atoms with E-state index in [2.05, 4.69) is 56.7 Å². The van der Waals surface area contributed by atoms with Crippen molar-refractivity contribution in [3.05, 3.63) is 93.6 Å². The minimum absolute atomic E-state index is 0.155. The van der Waals surface area contributed by atoms with Crippen molar-refractivity contribution in [3.63, 3.8) is 0 Å². The van der Waals surface area contributed by atoms with Crippen molar-refractivity contribution < 1.29 is 19.1 Å². The van der Waals surface area contributed by atoms with Gasteiger partial charge in [0.05, 0.1) is 36.9 Å². The van der Waals surface area contributed by atoms with E-state index in [1.165, 1.54) is 14.2 Å². The number of esters is 2. The van der Waals surface area contributed by atoms with Crippen LogP contribution in [0.1, 0.15) is 63.7 Å². The molecule has 218 valence electrons. The Morgan fingerprint density at radius 2 is 1.42 bits per heavy atom. The highest BCUT2D eigenvalue weighted by Crippen LogP contribution is 2.39. The number of hydrogen-bond acceptors (Lipinski definition) is 6. The van der Waals surface area contributed by atoms with Gasteiger partial charge in [-0.3, -0.25) is 4.98 Å². The van der Waals surface area contributed by atoms with Crippen LogP contribution in [-0.2, 0) is 26.1 Å². The van der Waals surface area contributed by atoms with E-state index in [0.717, 1.165) is 55.6 Å². The van der Waals surface area contributed by atoms with E-state index < -0.39 is 11.9 Å². The van der Waals surface area contributed by atoms with E-state index >= 15 is 0 Å². The Bertz CT molecular complexity index is 2000. The number of rotatable bonds is 3. The summed E-state index contributed by atoms with van der Waals surface area (Å²) in [6.45, 7) is 10.4. The maximum absolute atomic E-state index is 13.5. The summed E-state index contributed by atoms with van der Waals surface area (Å²) in [5, 5.41) is 0. The zero-order valence-electron chi connectivity index (χ0n) is 25.4. The van der Waals surface area contributed by atoms with Crippen molar-refractivity contribution in [3.8, 4) is 11.1 Å². The summed E-state index contributed by atoms with van der Waals surface area (Å²) in [4.78, 5) is 43.7. The monoisotopic (exact) mass is 574 g/mol. The van der Waals surface area contributed by atoms with Gasteiger partial charge >= 0.3 is 11.9 Å². The van der Waals surface area contributed by atoms with E-state index in [4.69, 9.17) is 19.4 Å². The van der Waals surface area contributed by atoms with Crippen LogP contribution >= 0.6 is 0 Å². The van der Waals surface area contributed by atoms with Crippen LogP contribution in [0.5, 0.6) is 0 Å². The Balaban J connectivity index is 1.86. The van der Waals surface area contributed by atoms with Crippen molar-refractivity contribution in [2.45, 2.75) is 46.5 Å². The second kappa shape index (κ2) is 10.4. The van der Waals surface area contributed by atoms with Crippen LogP contribution in [0.25, 0.3) is 44.8 Å². The number of nitrogens with one attached hydrogen (secondary N) is 2. The molecule has 43 heavy (non-hydrogen) atoms. The molecule has 0 fully saturated rings. The second-order valence-corrected chi connectivity index (χ2v) is 11.9. The van der Waals surface area contributed by atoms with Gasteiger partial charge in [0, 0.05) is 45.2 Å². The number of hydrogen-bond donors (Lipinski definition) is 2. The predicted octanol–water partition coefficient (Wildman–Crippen LogP) is 6.93. The number of carbonyl (C=O) groups excluding carboxylic acids is 2. The Labute approximate surface area is 249 Å². The molecule has 0 saturated carbocycles. The van der Waals surface area contributed by atoms with Gasteiger partial charge < -0.3 is 19.4 Å². The molecule has 0 spiro atoms. The highest BCUT2D eigenvalue weighted by atomic mass is 16.5. The van der Waals surface area contributed by atoms with E-state index in [-0.39, 0.29) is 22.2 Å². The summed E-state index contributed by atoms with van der Waals surface area (Å²) >= 11 is 0. The first-order valence-electron chi connectivity index (χ1n) is 14.2. The number of ether oxygens (including phenoxy) is 2. The van der Waals surface area contributed by atoms with Gasteiger partial charge in [-0.2, -0.15) is 0 Å². The topological polar surface area (TPSA) is 110 Å². The highest BCUT2D eigenvalue weighted by Gasteiger charge is 2.35. The van der Waals surface area contributed by atoms with Crippen LogP contribution in [0.4, 0.5) is 0 Å². The molecule has 2 N–H and O–H groups in total. The van der Waals surface area contributed by atoms with Crippen molar-refractivity contribution in [1.82, 2.24) is 19.9 Å². The molecule has 0 saturated heterocycles. The summed E-state index contributed by atoms with van der Waals surface area (Å²) in [7, 11) is 2.64. The zero-order valence-corrected chi connectivity index (χ0v) is 25.4. The lowest BCUT2D eigenvalue weighted by molar-refractivity contribution is -0.133. The molecule has 4 aromatic rings. The van der Waals surface area contributed by atoms with Crippen molar-refractivity contribution in [2.24, 2.45) is 0 Å². The summed E-state index contributed by atoms with van der Waals surface area (Å²) in [6, 6.07) is 16.3. The number of benzene rings is 1. The molecule has 0 aliphatic carbocycles. The number of aromatic nitrogens is 4. The largest absolute Gasteiger partial charge is 0.465 e. The van der Waals surface area contributed by atoms with Gasteiger partial charge in [-0.15, -0.1) is 0 Å². The number of carbonyl (C=O) groups is 2. The fourth-order valence-corrected chi connectivity index (χ4v) is 6.20. The standard InChI is InChI=1S/C35H34N4O4/c1-18-12-19(2)29(20(3)13-18)30-25-11-10-22(37-25)14-21-8-9-23(36-21)15-28-35(4,5)17-27(38-28)31(34(41)43-7)32-24(33(40)42-6)16-26(30)39-32/h8-16,36-37H,17H2,1-7H3. The fraction of sp³-hybridized carbons (Fsp3) is 0.257. The predicted molar refractivity (Wildman–Crippen MR) is 169 cm³/mol. The summed E-state index contributed by atoms with van der Waals surface area (Å²) in [5.41, 5.74) is 10.6. The molecule has 3 aromatic heterocycles. The first-order valence-corrected chi connectivity index (χ1v) is 14.2. The molecule has 2 aliphatic rings. The Kier molecular flexibility index (Phi) is 6.80. The van der Waals surface area contributed by atoms with Gasteiger partial charge in [-0.05, 0) is 79.9 Å². The van der Waals surface area contributed by atoms with Gasteiger partial charge in [-0.1, -0.05) is 31.5 Å². The van der Waals surface area contributed by atoms with Crippen LogP contribution in [0.2, 0.25) is 0 Å². The lowest BCUT2D eigenvalue weighted by Gasteiger charge is -2.16. The molecule has 0 atom stereocenters. The first-order chi connectivity index (χ1) is 20.5. The van der Waals surface area contributed by atoms with Crippen LogP contribution in [-0.4, -0.2) is 46.1 Å². The molecule has 0 radical (unpaired) electrons. The average molecular weight is 575 g/mol. The van der Waals surface area contributed by atoms with Crippen LogP contribution in [0.3, 0.4) is 0 Å². The molecule has 5 heterocycles. The quantitative estimate of drug-likeness (QED) is 0.257. The van der Waals surface area contributed by atoms with E-state index in [9.17, 15) is 9.59 Å². The third kappa shape index (κ3) is 4.92. The fourth-order valence-electron chi connectivity index (χ4n) is 6.20. The second-order valence-electron chi connectivity index (χ2n) is 11.9. The molecule has 6 rings (SSSR count). The maximum atomic E-state index is 13.5. The van der Waals surface area contributed by atoms with Gasteiger partial charge in [0.25, 0.3) is 0 Å². The number of H-pyrrole nitrogens is 2. The maximum Gasteiger partial charge on any atom is 0.341 e. The number of methoxy groups -OCH3 is 2. The molecule has 2 aliphatic heterocycles. The smallest absolute Gasteiger partial charge is 0.341 e. The third-order valence-corrected chi connectivity index (χ3v) is 8.14. The molecule has 8 nitrogen and oxygen atoms in total. The van der Waals surface area contributed by atoms with Gasteiger partial charge in [0.15, 0.2) is 0 Å². The zero-order chi connectivity index (χ0) is 30.6. The molecular formula is C35H34N4O4. The van der Waals surface area contributed by atoms with E-state index in [1.807, 2.05) is 36.4 Å². The summed E-state index contributed by atoms with van der Waals surface area (Å²) in [5.74, 6) is -1.22. The van der Waals surface area contributed by atoms with Gasteiger partial charge in [0.1, 0.15) is 5.56 Å². The van der Waals surface area contributed by atoms with Crippen molar-refractivity contribution >= 4 is 45.7 Å². The normalized spacial score (nSPS) is 13.9. The van der Waals surface area contributed by atoms with E-state index in [1.54, 1.807) is 6.08 Å². The number of nitrogens with zero attached hydrogens (tertiary/aromatic N) is 2. The number of aryl methyl sites for hydroxylation is 3. The first kappa shape index (κ1) is 28.2. The minimum atomic E-state index is -0.616. The lowest BCUT2D eigenvalue weighted by Crippen LogP contribution is -2.17. The van der Waals surface area contributed by atoms with Crippen molar-refractivity contribution in [1.29, 1.82) is 0 Å². The van der Waals surface area contributed by atoms with E-state index in [0.29, 0.717) is 17.8 Å². The van der Waals surface area contributed by atoms with Gasteiger partial charge in [-0.25, -0.2) is 14.6 Å². The lowest BCUT2D eigenvalue weighted by atomic mass is 9.86. The van der Waals surface area contributed by atoms with Crippen LogP contribution < -0.4 is 0 Å². The molecule has 0 unspecified atom stereocenters. The number of aromatic amines is 2. The summed E-state index contributed by atoms with van der Waals surface area (Å²) in [6.07, 6.45) is 2.16. The van der Waals surface area contributed by atoms with Crippen LogP contribution in [0, 0.1) is 20.8 Å². The Hall–Kier alpha value is -4.98. The number of fused-ring (bicyclic) bond motifs is 8. The Morgan fingerprint density at radius 3 is 2.09 bits per heavy atom. The summed E-state index contributed by atoms with van der Waals surface area (Å²) < 4.78 is 10.5. The highest BCUT2D eigenvalue weighted by molar-refractivity contribution is 6.24. The SMILES string of the molecule is COC(=O)C1=Cc2nc1c(C(=O)OC)c1nc(cc3ccc(cc4ccc([nH]4)c2-c2c(C)cc(C)cc2C)[nH]3)C(C)(C)C1. The van der Waals surface area contributed by atoms with Crippen LogP contribution in [0.15, 0.2) is 48.5 Å². The van der Waals surface area contributed by atoms with Crippen molar-refractivity contribution in [2.75, 3.05) is 14.2 Å². The molecule has 1 aromatic carbocycles. The molecule has 8 heteroatoms. The molecule has 8 bridgehead atoms. The third-order valence-electron chi connectivity index (χ3n) is 8.14. The average Bonchev–Trinajstić information content (AvgIpc) is 3.74.